The highest BCUT2D eigenvalue weighted by Crippen LogP contribution is 2.19. The van der Waals surface area contributed by atoms with Gasteiger partial charge in [0.1, 0.15) is 5.82 Å². The van der Waals surface area contributed by atoms with Crippen molar-refractivity contribution >= 4 is 5.82 Å². The fourth-order valence-corrected chi connectivity index (χ4v) is 2.73. The second kappa shape index (κ2) is 7.55. The summed E-state index contributed by atoms with van der Waals surface area (Å²) in [5.41, 5.74) is 1.01. The Morgan fingerprint density at radius 2 is 2.10 bits per heavy atom. The first-order chi connectivity index (χ1) is 9.74. The number of hydrogen-bond acceptors (Lipinski definition) is 5. The molecule has 1 aliphatic heterocycles. The Kier molecular flexibility index (Phi) is 5.73. The molecule has 2 heterocycles. The van der Waals surface area contributed by atoms with Gasteiger partial charge in [0.2, 0.25) is 0 Å². The fraction of sp³-hybridized carbons (Fsp3) is 0.733. The maximum Gasteiger partial charge on any atom is 0.147 e. The third-order valence-corrected chi connectivity index (χ3v) is 3.92. The van der Waals surface area contributed by atoms with E-state index in [1.165, 1.54) is 13.0 Å². The molecule has 2 rings (SSSR count). The second-order valence-corrected chi connectivity index (χ2v) is 5.52. The van der Waals surface area contributed by atoms with E-state index in [4.69, 9.17) is 0 Å². The third kappa shape index (κ3) is 3.90. The highest BCUT2D eigenvalue weighted by Gasteiger charge is 2.23. The van der Waals surface area contributed by atoms with Crippen LogP contribution in [0.1, 0.15) is 32.4 Å². The van der Waals surface area contributed by atoms with Gasteiger partial charge in [-0.2, -0.15) is 0 Å². The molecule has 20 heavy (non-hydrogen) atoms. The lowest BCUT2D eigenvalue weighted by Gasteiger charge is -2.31. The van der Waals surface area contributed by atoms with E-state index < -0.39 is 0 Å². The van der Waals surface area contributed by atoms with Gasteiger partial charge in [0.25, 0.3) is 0 Å². The van der Waals surface area contributed by atoms with Crippen molar-refractivity contribution in [2.24, 2.45) is 0 Å². The van der Waals surface area contributed by atoms with Crippen molar-refractivity contribution in [3.05, 3.63) is 18.1 Å². The Labute approximate surface area is 122 Å². The van der Waals surface area contributed by atoms with E-state index in [1.54, 1.807) is 0 Å². The highest BCUT2D eigenvalue weighted by molar-refractivity contribution is 5.37. The van der Waals surface area contributed by atoms with Gasteiger partial charge in [-0.05, 0) is 33.0 Å². The molecule has 0 aromatic carbocycles. The van der Waals surface area contributed by atoms with Crippen LogP contribution >= 0.6 is 0 Å². The van der Waals surface area contributed by atoms with Gasteiger partial charge in [-0.15, -0.1) is 0 Å². The predicted octanol–water partition coefficient (Wildman–Crippen LogP) is 1.51. The first-order valence-electron chi connectivity index (χ1n) is 7.71. The van der Waals surface area contributed by atoms with Crippen LogP contribution in [-0.4, -0.2) is 54.1 Å². The molecule has 1 atom stereocenters. The predicted molar refractivity (Wildman–Crippen MR) is 83.0 cm³/mol. The van der Waals surface area contributed by atoms with Crippen molar-refractivity contribution in [2.45, 2.75) is 39.3 Å². The lowest BCUT2D eigenvalue weighted by Crippen LogP contribution is -2.40. The summed E-state index contributed by atoms with van der Waals surface area (Å²) >= 11 is 0. The van der Waals surface area contributed by atoms with Crippen molar-refractivity contribution < 1.29 is 0 Å². The van der Waals surface area contributed by atoms with Crippen LogP contribution in [0.25, 0.3) is 0 Å². The molecule has 1 aromatic rings. The van der Waals surface area contributed by atoms with Crippen LogP contribution in [0.15, 0.2) is 12.4 Å². The van der Waals surface area contributed by atoms with Crippen LogP contribution in [0.2, 0.25) is 0 Å². The highest BCUT2D eigenvalue weighted by atomic mass is 15.3. The molecule has 0 amide bonds. The van der Waals surface area contributed by atoms with Gasteiger partial charge in [-0.1, -0.05) is 13.8 Å². The average molecular weight is 277 g/mol. The Morgan fingerprint density at radius 1 is 1.25 bits per heavy atom. The smallest absolute Gasteiger partial charge is 0.147 e. The number of nitrogens with zero attached hydrogens (tertiary/aromatic N) is 4. The summed E-state index contributed by atoms with van der Waals surface area (Å²) in [5, 5.41) is 3.28. The van der Waals surface area contributed by atoms with E-state index in [2.05, 4.69) is 46.0 Å². The van der Waals surface area contributed by atoms with Gasteiger partial charge < -0.3 is 15.1 Å². The standard InChI is InChI=1S/C15H27N5/c1-4-14-12-19(3)7-6-8-20(14)15-11-17-13(10-18-15)9-16-5-2/h10-11,14,16H,4-9,12H2,1-3H3. The zero-order chi connectivity index (χ0) is 14.4. The number of nitrogens with one attached hydrogen (secondary N) is 1. The summed E-state index contributed by atoms with van der Waals surface area (Å²) < 4.78 is 0. The van der Waals surface area contributed by atoms with E-state index in [0.717, 1.165) is 44.1 Å². The molecule has 0 spiro atoms. The lowest BCUT2D eigenvalue weighted by atomic mass is 10.2. The van der Waals surface area contributed by atoms with Crippen molar-refractivity contribution in [3.8, 4) is 0 Å². The number of rotatable bonds is 5. The summed E-state index contributed by atoms with van der Waals surface area (Å²) in [5.74, 6) is 1.02. The molecular weight excluding hydrogens is 250 g/mol. The van der Waals surface area contributed by atoms with E-state index in [0.29, 0.717) is 6.04 Å². The lowest BCUT2D eigenvalue weighted by molar-refractivity contribution is 0.327. The average Bonchev–Trinajstić information content (AvgIpc) is 2.67. The fourth-order valence-electron chi connectivity index (χ4n) is 2.73. The van der Waals surface area contributed by atoms with Crippen LogP contribution < -0.4 is 10.2 Å². The van der Waals surface area contributed by atoms with E-state index in [9.17, 15) is 0 Å². The molecule has 0 aliphatic carbocycles. The minimum atomic E-state index is 0.538. The molecule has 1 N–H and O–H groups in total. The molecule has 112 valence electrons. The Morgan fingerprint density at radius 3 is 2.75 bits per heavy atom. The summed E-state index contributed by atoms with van der Waals surface area (Å²) in [7, 11) is 2.21. The SMILES string of the molecule is CCNCc1cnc(N2CCCN(C)CC2CC)cn1. The molecule has 5 nitrogen and oxygen atoms in total. The van der Waals surface area contributed by atoms with Crippen molar-refractivity contribution in [1.82, 2.24) is 20.2 Å². The molecule has 0 saturated carbocycles. The normalized spacial score (nSPS) is 20.9. The summed E-state index contributed by atoms with van der Waals surface area (Å²) in [6.07, 6.45) is 6.17. The first-order valence-corrected chi connectivity index (χ1v) is 7.71. The number of anilines is 1. The monoisotopic (exact) mass is 277 g/mol. The van der Waals surface area contributed by atoms with Crippen LogP contribution in [0.3, 0.4) is 0 Å². The molecule has 1 aromatic heterocycles. The Hall–Kier alpha value is -1.20. The quantitative estimate of drug-likeness (QED) is 0.884. The summed E-state index contributed by atoms with van der Waals surface area (Å²) in [6, 6.07) is 0.538. The number of hydrogen-bond donors (Lipinski definition) is 1. The zero-order valence-corrected chi connectivity index (χ0v) is 13.0. The molecule has 0 radical (unpaired) electrons. The topological polar surface area (TPSA) is 44.3 Å². The molecule has 5 heteroatoms. The maximum absolute atomic E-state index is 4.63. The van der Waals surface area contributed by atoms with E-state index in [-0.39, 0.29) is 0 Å². The molecule has 1 saturated heterocycles. The number of likely N-dealkylation sites (N-methyl/N-ethyl adjacent to an activating group) is 1. The molecule has 1 aliphatic rings. The first kappa shape index (κ1) is 15.2. The van der Waals surface area contributed by atoms with Crippen molar-refractivity contribution in [1.29, 1.82) is 0 Å². The van der Waals surface area contributed by atoms with Crippen LogP contribution in [-0.2, 0) is 6.54 Å². The van der Waals surface area contributed by atoms with Gasteiger partial charge in [-0.25, -0.2) is 4.98 Å². The van der Waals surface area contributed by atoms with Gasteiger partial charge >= 0.3 is 0 Å². The molecule has 1 unspecified atom stereocenters. The van der Waals surface area contributed by atoms with Crippen LogP contribution in [0.4, 0.5) is 5.82 Å². The van der Waals surface area contributed by atoms with Gasteiger partial charge in [-0.3, -0.25) is 4.98 Å². The Bertz CT molecular complexity index is 392. The number of aromatic nitrogens is 2. The Balaban J connectivity index is 2.07. The van der Waals surface area contributed by atoms with E-state index >= 15 is 0 Å². The summed E-state index contributed by atoms with van der Waals surface area (Å²) in [6.45, 7) is 9.45. The summed E-state index contributed by atoms with van der Waals surface area (Å²) in [4.78, 5) is 14.0. The minimum Gasteiger partial charge on any atom is -0.351 e. The van der Waals surface area contributed by atoms with Crippen molar-refractivity contribution in [2.75, 3.05) is 38.1 Å². The molecular formula is C15H27N5. The second-order valence-electron chi connectivity index (χ2n) is 5.52. The maximum atomic E-state index is 4.63. The van der Waals surface area contributed by atoms with Gasteiger partial charge in [0.15, 0.2) is 0 Å². The molecule has 0 bridgehead atoms. The van der Waals surface area contributed by atoms with Gasteiger partial charge in [0, 0.05) is 25.7 Å². The van der Waals surface area contributed by atoms with Gasteiger partial charge in [0.05, 0.1) is 18.1 Å². The van der Waals surface area contributed by atoms with Crippen molar-refractivity contribution in [3.63, 3.8) is 0 Å². The third-order valence-electron chi connectivity index (χ3n) is 3.92. The minimum absolute atomic E-state index is 0.538. The zero-order valence-electron chi connectivity index (χ0n) is 13.0. The molecule has 1 fully saturated rings. The van der Waals surface area contributed by atoms with E-state index in [1.807, 2.05) is 12.4 Å². The largest absolute Gasteiger partial charge is 0.351 e. The van der Waals surface area contributed by atoms with Crippen LogP contribution in [0, 0.1) is 0 Å². The van der Waals surface area contributed by atoms with Crippen LogP contribution in [0.5, 0.6) is 0 Å².